The summed E-state index contributed by atoms with van der Waals surface area (Å²) in [5.41, 5.74) is 2.77. The van der Waals surface area contributed by atoms with Crippen LogP contribution in [0, 0.1) is 0 Å². The second-order valence-electron chi connectivity index (χ2n) is 11.8. The molecule has 0 aromatic heterocycles. The van der Waals surface area contributed by atoms with Crippen molar-refractivity contribution in [3.05, 3.63) is 47.5 Å². The number of ether oxygens (including phenoxy) is 1. The van der Waals surface area contributed by atoms with E-state index in [1.807, 2.05) is 0 Å². The van der Waals surface area contributed by atoms with E-state index in [9.17, 15) is 0 Å². The molecule has 38 heavy (non-hydrogen) atoms. The molecular weight excluding hydrogens is 498 g/mol. The molecule has 2 aromatic rings. The van der Waals surface area contributed by atoms with Gasteiger partial charge in [-0.05, 0) is 50.3 Å². The Labute approximate surface area is 238 Å². The topological polar surface area (TPSA) is 9.23 Å². The van der Waals surface area contributed by atoms with Crippen molar-refractivity contribution in [2.75, 3.05) is 24.6 Å². The molecule has 0 atom stereocenters. The summed E-state index contributed by atoms with van der Waals surface area (Å²) in [6, 6.07) is 14.2. The molecule has 0 radical (unpaired) electrons. The fraction of sp³-hybridized carbons (Fsp3) is 0.657. The van der Waals surface area contributed by atoms with E-state index in [0.29, 0.717) is 0 Å². The molecule has 1 heterocycles. The monoisotopic (exact) mass is 554 g/mol. The van der Waals surface area contributed by atoms with E-state index in [0.717, 1.165) is 0 Å². The molecule has 1 nitrogen and oxygen atoms in total. The van der Waals surface area contributed by atoms with E-state index < -0.39 is 0 Å². The zero-order valence-electron chi connectivity index (χ0n) is 25.6. The molecule has 3 heteroatoms. The van der Waals surface area contributed by atoms with Crippen molar-refractivity contribution in [2.45, 2.75) is 124 Å². The number of para-hydroxylation sites is 2. The Morgan fingerprint density at radius 2 is 0.868 bits per heavy atom. The number of hydrogen-bond acceptors (Lipinski definition) is 1. The molecule has 0 aliphatic carbocycles. The lowest BCUT2D eigenvalue weighted by Gasteiger charge is -2.38. The number of rotatable bonds is 18. The molecule has 0 bridgehead atoms. The van der Waals surface area contributed by atoms with Gasteiger partial charge >= 0.3 is 0 Å². The number of unbranched alkanes of at least 4 members (excludes halogenated alkanes) is 8. The molecule has 0 saturated heterocycles. The highest BCUT2D eigenvalue weighted by Gasteiger charge is 2.38. The molecule has 0 fully saturated rings. The van der Waals surface area contributed by atoms with Crippen molar-refractivity contribution in [1.29, 1.82) is 0 Å². The van der Waals surface area contributed by atoms with Gasteiger partial charge in [-0.25, -0.2) is 0 Å². The Hall–Kier alpha value is -0.900. The van der Waals surface area contributed by atoms with E-state index >= 15 is 0 Å². The first-order valence-electron chi connectivity index (χ1n) is 15.9. The Morgan fingerprint density at radius 3 is 1.18 bits per heavy atom. The average molecular weight is 555 g/mol. The first-order valence-corrected chi connectivity index (χ1v) is 19.4. The van der Waals surface area contributed by atoms with Crippen LogP contribution in [-0.2, 0) is 5.41 Å². The van der Waals surface area contributed by atoms with Gasteiger partial charge in [0.1, 0.15) is 11.5 Å². The second-order valence-corrected chi connectivity index (χ2v) is 16.7. The van der Waals surface area contributed by atoms with Gasteiger partial charge < -0.3 is 4.74 Å². The van der Waals surface area contributed by atoms with Crippen molar-refractivity contribution in [3.63, 3.8) is 0 Å². The van der Waals surface area contributed by atoms with Crippen LogP contribution in [0.4, 0.5) is 0 Å². The van der Waals surface area contributed by atoms with E-state index in [1.54, 1.807) is 10.6 Å². The van der Waals surface area contributed by atoms with Crippen molar-refractivity contribution >= 4 is 26.5 Å². The minimum absolute atomic E-state index is 0.0311. The van der Waals surface area contributed by atoms with Crippen LogP contribution in [-0.4, -0.2) is 24.6 Å². The minimum Gasteiger partial charge on any atom is -0.455 e. The highest BCUT2D eigenvalue weighted by Crippen LogP contribution is 2.53. The van der Waals surface area contributed by atoms with Crippen LogP contribution in [0.2, 0.25) is 0 Å². The van der Waals surface area contributed by atoms with Crippen molar-refractivity contribution < 1.29 is 4.74 Å². The van der Waals surface area contributed by atoms with Crippen LogP contribution in [0.15, 0.2) is 36.4 Å². The van der Waals surface area contributed by atoms with Crippen molar-refractivity contribution in [2.24, 2.45) is 0 Å². The largest absolute Gasteiger partial charge is 0.455 e. The van der Waals surface area contributed by atoms with Gasteiger partial charge in [-0.1, -0.05) is 145 Å². The van der Waals surface area contributed by atoms with Crippen LogP contribution < -0.4 is 15.3 Å². The Morgan fingerprint density at radius 1 is 0.526 bits per heavy atom. The van der Waals surface area contributed by atoms with Crippen molar-refractivity contribution in [3.8, 4) is 11.5 Å². The van der Waals surface area contributed by atoms with E-state index in [2.05, 4.69) is 77.9 Å². The lowest BCUT2D eigenvalue weighted by Crippen LogP contribution is -2.30. The van der Waals surface area contributed by atoms with E-state index in [4.69, 9.17) is 4.74 Å². The van der Waals surface area contributed by atoms with Crippen LogP contribution >= 0.6 is 15.8 Å². The molecular formula is C35H56OP2. The third-order valence-corrected chi connectivity index (χ3v) is 13.8. The SMILES string of the molecule is CCCCCP(CCCCC)c1cccc2c1Oc1c(P(CCCCC)CCCCC)cccc1C2(C)C. The third-order valence-electron chi connectivity index (χ3n) is 8.35. The van der Waals surface area contributed by atoms with Crippen LogP contribution in [0.3, 0.4) is 0 Å². The molecule has 1 aliphatic rings. The summed E-state index contributed by atoms with van der Waals surface area (Å²) in [6.45, 7) is 14.2. The fourth-order valence-corrected chi connectivity index (χ4v) is 11.2. The lowest BCUT2D eigenvalue weighted by atomic mass is 9.76. The van der Waals surface area contributed by atoms with Gasteiger partial charge in [0.2, 0.25) is 0 Å². The smallest absolute Gasteiger partial charge is 0.139 e. The molecule has 0 spiro atoms. The molecule has 2 aromatic carbocycles. The molecule has 0 N–H and O–H groups in total. The second kappa shape index (κ2) is 16.4. The van der Waals surface area contributed by atoms with Crippen LogP contribution in [0.5, 0.6) is 11.5 Å². The number of fused-ring (bicyclic) bond motifs is 2. The van der Waals surface area contributed by atoms with Gasteiger partial charge in [0.15, 0.2) is 0 Å². The van der Waals surface area contributed by atoms with Crippen LogP contribution in [0.25, 0.3) is 0 Å². The Kier molecular flexibility index (Phi) is 13.6. The van der Waals surface area contributed by atoms with Gasteiger partial charge in [0.05, 0.1) is 0 Å². The summed E-state index contributed by atoms with van der Waals surface area (Å²) < 4.78 is 7.19. The summed E-state index contributed by atoms with van der Waals surface area (Å²) in [7, 11) is -0.385. The lowest BCUT2D eigenvalue weighted by molar-refractivity contribution is 0.424. The predicted octanol–water partition coefficient (Wildman–Crippen LogP) is 11.1. The standard InChI is InChI=1S/C35H56OP2/c1-7-11-15-25-37(26-16-12-8-2)31-23-19-21-29-33(31)36-34-30(35(29,5)6)22-20-24-32(34)38(27-17-13-9-3)28-18-14-10-4/h19-24H,7-18,25-28H2,1-6H3. The average Bonchev–Trinajstić information content (AvgIpc) is 2.91. The maximum Gasteiger partial charge on any atom is 0.139 e. The molecule has 0 amide bonds. The third kappa shape index (κ3) is 8.07. The highest BCUT2D eigenvalue weighted by molar-refractivity contribution is 7.66. The molecule has 212 valence electrons. The summed E-state index contributed by atoms with van der Waals surface area (Å²) in [5.74, 6) is 2.46. The normalized spacial score (nSPS) is 14.0. The minimum atomic E-state index is -0.192. The van der Waals surface area contributed by atoms with E-state index in [-0.39, 0.29) is 21.3 Å². The zero-order valence-corrected chi connectivity index (χ0v) is 27.4. The summed E-state index contributed by atoms with van der Waals surface area (Å²) in [4.78, 5) is 0. The summed E-state index contributed by atoms with van der Waals surface area (Å²) >= 11 is 0. The number of benzene rings is 2. The van der Waals surface area contributed by atoms with Crippen LogP contribution in [0.1, 0.15) is 130 Å². The molecule has 0 unspecified atom stereocenters. The number of hydrogen-bond donors (Lipinski definition) is 0. The molecule has 1 aliphatic heterocycles. The first kappa shape index (κ1) is 31.6. The fourth-order valence-electron chi connectivity index (χ4n) is 5.91. The zero-order chi connectivity index (χ0) is 27.4. The highest BCUT2D eigenvalue weighted by atomic mass is 31.1. The van der Waals surface area contributed by atoms with Gasteiger partial charge in [-0.15, -0.1) is 0 Å². The summed E-state index contributed by atoms with van der Waals surface area (Å²) in [6.07, 6.45) is 21.4. The maximum absolute atomic E-state index is 7.19. The quantitative estimate of drug-likeness (QED) is 0.132. The van der Waals surface area contributed by atoms with E-state index in [1.165, 1.54) is 124 Å². The Bertz CT molecular complexity index is 871. The van der Waals surface area contributed by atoms with Gasteiger partial charge in [-0.3, -0.25) is 0 Å². The van der Waals surface area contributed by atoms with Gasteiger partial charge in [0, 0.05) is 27.2 Å². The van der Waals surface area contributed by atoms with Crippen molar-refractivity contribution in [1.82, 2.24) is 0 Å². The Balaban J connectivity index is 2.02. The van der Waals surface area contributed by atoms with Gasteiger partial charge in [-0.2, -0.15) is 0 Å². The molecule has 0 saturated carbocycles. The predicted molar refractivity (Wildman–Crippen MR) is 176 cm³/mol. The van der Waals surface area contributed by atoms with Gasteiger partial charge in [0.25, 0.3) is 0 Å². The molecule has 3 rings (SSSR count). The first-order chi connectivity index (χ1) is 18.5. The maximum atomic E-state index is 7.19. The summed E-state index contributed by atoms with van der Waals surface area (Å²) in [5, 5.41) is 3.08.